The molecule has 2 aromatic heterocycles. The third kappa shape index (κ3) is 2.71. The van der Waals surface area contributed by atoms with Crippen molar-refractivity contribution in [3.05, 3.63) is 47.8 Å². The van der Waals surface area contributed by atoms with Gasteiger partial charge in [0.15, 0.2) is 0 Å². The van der Waals surface area contributed by atoms with Gasteiger partial charge in [-0.1, -0.05) is 6.07 Å². The predicted octanol–water partition coefficient (Wildman–Crippen LogP) is 1.59. The maximum Gasteiger partial charge on any atom is 0.271 e. The number of imidazole rings is 1. The molecule has 0 aromatic carbocycles. The highest BCUT2D eigenvalue weighted by molar-refractivity contribution is 5.93. The average Bonchev–Trinajstić information content (AvgIpc) is 2.92. The summed E-state index contributed by atoms with van der Waals surface area (Å²) in [5, 5.41) is 2.93. The second-order valence-electron chi connectivity index (χ2n) is 5.02. The van der Waals surface area contributed by atoms with Crippen molar-refractivity contribution in [1.82, 2.24) is 19.9 Å². The molecule has 1 amide bonds. The molecule has 0 atom stereocenters. The van der Waals surface area contributed by atoms with E-state index < -0.39 is 0 Å². The van der Waals surface area contributed by atoms with Crippen molar-refractivity contribution in [3.63, 3.8) is 0 Å². The second kappa shape index (κ2) is 5.86. The summed E-state index contributed by atoms with van der Waals surface area (Å²) in [6.07, 6.45) is 7.54. The van der Waals surface area contributed by atoms with Crippen LogP contribution in [0, 0.1) is 0 Å². The summed E-state index contributed by atoms with van der Waals surface area (Å²) in [4.78, 5) is 20.7. The molecule has 0 saturated heterocycles. The number of aromatic nitrogens is 3. The van der Waals surface area contributed by atoms with Gasteiger partial charge in [-0.05, 0) is 31.4 Å². The minimum atomic E-state index is -0.0726. The summed E-state index contributed by atoms with van der Waals surface area (Å²) in [7, 11) is 0. The Labute approximate surface area is 118 Å². The van der Waals surface area contributed by atoms with Gasteiger partial charge in [0.05, 0.1) is 12.0 Å². The number of carbonyl (C=O) groups is 1. The summed E-state index contributed by atoms with van der Waals surface area (Å²) in [6.45, 7) is 1.56. The number of amides is 1. The maximum absolute atomic E-state index is 12.2. The molecule has 3 rings (SSSR count). The van der Waals surface area contributed by atoms with E-state index in [-0.39, 0.29) is 5.91 Å². The number of nitrogens with one attached hydrogen (secondary N) is 1. The second-order valence-corrected chi connectivity index (χ2v) is 5.02. The quantitative estimate of drug-likeness (QED) is 0.917. The fourth-order valence-corrected chi connectivity index (χ4v) is 2.56. The van der Waals surface area contributed by atoms with Crippen LogP contribution in [0.4, 0.5) is 0 Å². The zero-order valence-electron chi connectivity index (χ0n) is 11.4. The molecular formula is C15H18N4O. The largest absolute Gasteiger partial charge is 0.350 e. The van der Waals surface area contributed by atoms with Crippen LogP contribution in [-0.2, 0) is 19.4 Å². The Balaban J connectivity index is 1.58. The van der Waals surface area contributed by atoms with Gasteiger partial charge in [0, 0.05) is 31.4 Å². The molecule has 1 aliphatic heterocycles. The van der Waals surface area contributed by atoms with Crippen molar-refractivity contribution in [2.45, 2.75) is 32.2 Å². The van der Waals surface area contributed by atoms with Gasteiger partial charge in [0.1, 0.15) is 5.69 Å². The molecule has 1 aliphatic rings. The van der Waals surface area contributed by atoms with E-state index in [4.69, 9.17) is 0 Å². The number of hydrogen-bond acceptors (Lipinski definition) is 3. The minimum absolute atomic E-state index is 0.0726. The topological polar surface area (TPSA) is 59.8 Å². The van der Waals surface area contributed by atoms with Crippen LogP contribution in [0.15, 0.2) is 30.7 Å². The van der Waals surface area contributed by atoms with Crippen LogP contribution in [0.25, 0.3) is 0 Å². The fourth-order valence-electron chi connectivity index (χ4n) is 2.56. The number of hydrogen-bond donors (Lipinski definition) is 1. The number of aryl methyl sites for hydroxylation is 1. The highest BCUT2D eigenvalue weighted by Gasteiger charge is 2.19. The van der Waals surface area contributed by atoms with Crippen LogP contribution in [0.2, 0.25) is 0 Å². The zero-order valence-corrected chi connectivity index (χ0v) is 11.4. The average molecular weight is 270 g/mol. The molecule has 0 bridgehead atoms. The SMILES string of the molecule is O=C(NCCc1ccccn1)c1ncn2c1CCCC2. The van der Waals surface area contributed by atoms with E-state index in [0.717, 1.165) is 37.2 Å². The summed E-state index contributed by atoms with van der Waals surface area (Å²) in [5.41, 5.74) is 2.65. The normalized spacial score (nSPS) is 13.8. The lowest BCUT2D eigenvalue weighted by molar-refractivity contribution is 0.0948. The molecule has 5 nitrogen and oxygen atoms in total. The van der Waals surface area contributed by atoms with E-state index in [1.807, 2.05) is 18.2 Å². The highest BCUT2D eigenvalue weighted by atomic mass is 16.1. The van der Waals surface area contributed by atoms with E-state index in [1.165, 1.54) is 6.42 Å². The first-order valence-electron chi connectivity index (χ1n) is 7.07. The van der Waals surface area contributed by atoms with Crippen molar-refractivity contribution in [2.75, 3.05) is 6.54 Å². The van der Waals surface area contributed by atoms with E-state index in [0.29, 0.717) is 12.2 Å². The molecule has 0 saturated carbocycles. The lowest BCUT2D eigenvalue weighted by Gasteiger charge is -2.14. The molecule has 3 heterocycles. The Kier molecular flexibility index (Phi) is 3.76. The van der Waals surface area contributed by atoms with Gasteiger partial charge in [0.25, 0.3) is 5.91 Å². The van der Waals surface area contributed by atoms with Crippen molar-refractivity contribution in [1.29, 1.82) is 0 Å². The van der Waals surface area contributed by atoms with Crippen LogP contribution in [0.3, 0.4) is 0 Å². The summed E-state index contributed by atoms with van der Waals surface area (Å²) in [6, 6.07) is 5.81. The Bertz CT molecular complexity index is 591. The predicted molar refractivity (Wildman–Crippen MR) is 75.4 cm³/mol. The highest BCUT2D eigenvalue weighted by Crippen LogP contribution is 2.17. The summed E-state index contributed by atoms with van der Waals surface area (Å²) in [5.74, 6) is -0.0726. The third-order valence-electron chi connectivity index (χ3n) is 3.62. The smallest absolute Gasteiger partial charge is 0.271 e. The minimum Gasteiger partial charge on any atom is -0.350 e. The molecule has 2 aromatic rings. The zero-order chi connectivity index (χ0) is 13.8. The van der Waals surface area contributed by atoms with Crippen LogP contribution < -0.4 is 5.32 Å². The molecule has 5 heteroatoms. The fraction of sp³-hybridized carbons (Fsp3) is 0.400. The number of pyridine rings is 1. The van der Waals surface area contributed by atoms with Gasteiger partial charge in [0.2, 0.25) is 0 Å². The van der Waals surface area contributed by atoms with Gasteiger partial charge < -0.3 is 9.88 Å². The summed E-state index contributed by atoms with van der Waals surface area (Å²) >= 11 is 0. The molecule has 104 valence electrons. The van der Waals surface area contributed by atoms with Crippen molar-refractivity contribution in [3.8, 4) is 0 Å². The molecule has 1 N–H and O–H groups in total. The van der Waals surface area contributed by atoms with Gasteiger partial charge in [-0.15, -0.1) is 0 Å². The molecule has 20 heavy (non-hydrogen) atoms. The Morgan fingerprint density at radius 1 is 1.30 bits per heavy atom. The number of nitrogens with zero attached hydrogens (tertiary/aromatic N) is 3. The molecule has 0 radical (unpaired) electrons. The molecule has 0 fully saturated rings. The first-order valence-corrected chi connectivity index (χ1v) is 7.07. The summed E-state index contributed by atoms with van der Waals surface area (Å²) < 4.78 is 2.09. The molecule has 0 aliphatic carbocycles. The van der Waals surface area contributed by atoms with Gasteiger partial charge >= 0.3 is 0 Å². The van der Waals surface area contributed by atoms with Gasteiger partial charge in [-0.2, -0.15) is 0 Å². The van der Waals surface area contributed by atoms with Gasteiger partial charge in [-0.3, -0.25) is 9.78 Å². The lowest BCUT2D eigenvalue weighted by Crippen LogP contribution is -2.27. The third-order valence-corrected chi connectivity index (χ3v) is 3.62. The number of fused-ring (bicyclic) bond motifs is 1. The van der Waals surface area contributed by atoms with Crippen molar-refractivity contribution >= 4 is 5.91 Å². The van der Waals surface area contributed by atoms with E-state index in [2.05, 4.69) is 19.9 Å². The first-order chi connectivity index (χ1) is 9.84. The van der Waals surface area contributed by atoms with Crippen LogP contribution >= 0.6 is 0 Å². The first kappa shape index (κ1) is 12.8. The number of carbonyl (C=O) groups excluding carboxylic acids is 1. The van der Waals surface area contributed by atoms with Crippen molar-refractivity contribution < 1.29 is 4.79 Å². The Hall–Kier alpha value is -2.17. The van der Waals surface area contributed by atoms with Crippen molar-refractivity contribution in [2.24, 2.45) is 0 Å². The Morgan fingerprint density at radius 2 is 2.25 bits per heavy atom. The van der Waals surface area contributed by atoms with Crippen LogP contribution in [0.1, 0.15) is 34.7 Å². The Morgan fingerprint density at radius 3 is 3.10 bits per heavy atom. The van der Waals surface area contributed by atoms with Crippen LogP contribution in [-0.4, -0.2) is 27.0 Å². The van der Waals surface area contributed by atoms with E-state index >= 15 is 0 Å². The maximum atomic E-state index is 12.2. The lowest BCUT2D eigenvalue weighted by atomic mass is 10.1. The monoisotopic (exact) mass is 270 g/mol. The standard InChI is InChI=1S/C15H18N4O/c20-15(17-9-7-12-5-1-3-8-16-12)14-13-6-2-4-10-19(13)11-18-14/h1,3,5,8,11H,2,4,6-7,9-10H2,(H,17,20). The van der Waals surface area contributed by atoms with Gasteiger partial charge in [-0.25, -0.2) is 4.98 Å². The molecular weight excluding hydrogens is 252 g/mol. The molecule has 0 spiro atoms. The van der Waals surface area contributed by atoms with Crippen LogP contribution in [0.5, 0.6) is 0 Å². The van der Waals surface area contributed by atoms with E-state index in [9.17, 15) is 4.79 Å². The van der Waals surface area contributed by atoms with E-state index in [1.54, 1.807) is 12.5 Å². The number of rotatable bonds is 4. The molecule has 0 unspecified atom stereocenters.